The molecule has 0 atom stereocenters. The van der Waals surface area contributed by atoms with Crippen molar-refractivity contribution in [3.63, 3.8) is 0 Å². The van der Waals surface area contributed by atoms with Gasteiger partial charge in [0.25, 0.3) is 0 Å². The standard InChI is InChI=1S/C15H18BrNO2/c1-3-4-5-6-9-17-11-13-8-7-12(10-14(13)16)15(18)19-2/h1,7-8,10,17H,4-6,9,11H2,2H3. The predicted octanol–water partition coefficient (Wildman–Crippen LogP) is 3.13. The molecule has 4 heteroatoms. The molecule has 0 aliphatic rings. The first kappa shape index (κ1) is 15.7. The van der Waals surface area contributed by atoms with E-state index in [4.69, 9.17) is 6.42 Å². The minimum Gasteiger partial charge on any atom is -0.465 e. The fourth-order valence-electron chi connectivity index (χ4n) is 1.64. The van der Waals surface area contributed by atoms with E-state index in [9.17, 15) is 4.79 Å². The van der Waals surface area contributed by atoms with Crippen molar-refractivity contribution in [2.24, 2.45) is 0 Å². The Kier molecular flexibility index (Phi) is 7.24. The van der Waals surface area contributed by atoms with Gasteiger partial charge in [0.2, 0.25) is 0 Å². The summed E-state index contributed by atoms with van der Waals surface area (Å²) in [5.74, 6) is 2.30. The summed E-state index contributed by atoms with van der Waals surface area (Å²) >= 11 is 3.46. The minimum atomic E-state index is -0.325. The van der Waals surface area contributed by atoms with Gasteiger partial charge in [-0.05, 0) is 37.1 Å². The molecule has 0 bridgehead atoms. The maximum atomic E-state index is 11.4. The first-order chi connectivity index (χ1) is 9.19. The first-order valence-corrected chi connectivity index (χ1v) is 6.99. The van der Waals surface area contributed by atoms with Crippen molar-refractivity contribution >= 4 is 21.9 Å². The number of hydrogen-bond acceptors (Lipinski definition) is 3. The van der Waals surface area contributed by atoms with Crippen LogP contribution >= 0.6 is 15.9 Å². The maximum Gasteiger partial charge on any atom is 0.337 e. The highest BCUT2D eigenvalue weighted by molar-refractivity contribution is 9.10. The predicted molar refractivity (Wildman–Crippen MR) is 79.9 cm³/mol. The summed E-state index contributed by atoms with van der Waals surface area (Å²) in [7, 11) is 1.38. The molecule has 0 heterocycles. The minimum absolute atomic E-state index is 0.325. The van der Waals surface area contributed by atoms with Gasteiger partial charge in [-0.3, -0.25) is 0 Å². The van der Waals surface area contributed by atoms with Crippen LogP contribution in [0.3, 0.4) is 0 Å². The van der Waals surface area contributed by atoms with Crippen LogP contribution in [0.5, 0.6) is 0 Å². The Hall–Kier alpha value is -1.31. The van der Waals surface area contributed by atoms with E-state index in [2.05, 4.69) is 31.9 Å². The summed E-state index contributed by atoms with van der Waals surface area (Å²) in [6, 6.07) is 5.47. The highest BCUT2D eigenvalue weighted by Crippen LogP contribution is 2.19. The molecule has 19 heavy (non-hydrogen) atoms. The molecule has 0 amide bonds. The van der Waals surface area contributed by atoms with Crippen molar-refractivity contribution in [3.8, 4) is 12.3 Å². The lowest BCUT2D eigenvalue weighted by Gasteiger charge is -2.08. The Labute approximate surface area is 122 Å². The lowest BCUT2D eigenvalue weighted by Crippen LogP contribution is -2.15. The summed E-state index contributed by atoms with van der Waals surface area (Å²) in [6.45, 7) is 1.70. The Morgan fingerprint density at radius 1 is 1.47 bits per heavy atom. The van der Waals surface area contributed by atoms with Gasteiger partial charge in [-0.15, -0.1) is 12.3 Å². The van der Waals surface area contributed by atoms with Crippen LogP contribution in [-0.4, -0.2) is 19.6 Å². The summed E-state index contributed by atoms with van der Waals surface area (Å²) in [4.78, 5) is 11.4. The molecule has 0 aliphatic heterocycles. The SMILES string of the molecule is C#CCCCCNCc1ccc(C(=O)OC)cc1Br. The van der Waals surface area contributed by atoms with Crippen molar-refractivity contribution in [1.82, 2.24) is 5.32 Å². The van der Waals surface area contributed by atoms with Crippen LogP contribution in [0.1, 0.15) is 35.2 Å². The van der Waals surface area contributed by atoms with E-state index in [1.165, 1.54) is 7.11 Å². The lowest BCUT2D eigenvalue weighted by atomic mass is 10.1. The van der Waals surface area contributed by atoms with Crippen LogP contribution in [0.4, 0.5) is 0 Å². The Morgan fingerprint density at radius 3 is 2.89 bits per heavy atom. The fraction of sp³-hybridized carbons (Fsp3) is 0.400. The van der Waals surface area contributed by atoms with Gasteiger partial charge >= 0.3 is 5.97 Å². The van der Waals surface area contributed by atoms with Gasteiger partial charge in [0, 0.05) is 17.4 Å². The molecule has 0 unspecified atom stereocenters. The van der Waals surface area contributed by atoms with E-state index >= 15 is 0 Å². The molecular formula is C15H18BrNO2. The molecule has 0 radical (unpaired) electrons. The first-order valence-electron chi connectivity index (χ1n) is 6.20. The highest BCUT2D eigenvalue weighted by atomic mass is 79.9. The molecule has 1 rings (SSSR count). The largest absolute Gasteiger partial charge is 0.465 e. The number of carbonyl (C=O) groups is 1. The third kappa shape index (κ3) is 5.46. The average molecular weight is 324 g/mol. The lowest BCUT2D eigenvalue weighted by molar-refractivity contribution is 0.0600. The van der Waals surface area contributed by atoms with E-state index < -0.39 is 0 Å². The van der Waals surface area contributed by atoms with Crippen molar-refractivity contribution in [1.29, 1.82) is 0 Å². The molecule has 0 fully saturated rings. The van der Waals surface area contributed by atoms with E-state index in [1.807, 2.05) is 6.07 Å². The number of methoxy groups -OCH3 is 1. The quantitative estimate of drug-likeness (QED) is 0.476. The topological polar surface area (TPSA) is 38.3 Å². The monoisotopic (exact) mass is 323 g/mol. The van der Waals surface area contributed by atoms with Crippen LogP contribution in [0, 0.1) is 12.3 Å². The Balaban J connectivity index is 2.43. The van der Waals surface area contributed by atoms with E-state index in [0.717, 1.165) is 42.4 Å². The highest BCUT2D eigenvalue weighted by Gasteiger charge is 2.07. The number of halogens is 1. The number of hydrogen-bond donors (Lipinski definition) is 1. The molecular weight excluding hydrogens is 306 g/mol. The molecule has 0 aliphatic carbocycles. The van der Waals surface area contributed by atoms with Crippen LogP contribution in [0.15, 0.2) is 22.7 Å². The third-order valence-corrected chi connectivity index (χ3v) is 3.45. The number of terminal acetylenes is 1. The summed E-state index contributed by atoms with van der Waals surface area (Å²) in [6.07, 6.45) is 8.14. The zero-order valence-corrected chi connectivity index (χ0v) is 12.6. The van der Waals surface area contributed by atoms with Crippen LogP contribution in [0.25, 0.3) is 0 Å². The number of rotatable bonds is 7. The molecule has 3 nitrogen and oxygen atoms in total. The molecule has 0 spiro atoms. The molecule has 102 valence electrons. The molecule has 1 N–H and O–H groups in total. The smallest absolute Gasteiger partial charge is 0.337 e. The third-order valence-electron chi connectivity index (χ3n) is 2.71. The van der Waals surface area contributed by atoms with Crippen molar-refractivity contribution < 1.29 is 9.53 Å². The van der Waals surface area contributed by atoms with Crippen molar-refractivity contribution in [3.05, 3.63) is 33.8 Å². The number of nitrogens with one attached hydrogen (secondary N) is 1. The van der Waals surface area contributed by atoms with Gasteiger partial charge in [-0.1, -0.05) is 22.0 Å². The number of unbranched alkanes of at least 4 members (excludes halogenated alkanes) is 2. The van der Waals surface area contributed by atoms with Gasteiger partial charge in [0.15, 0.2) is 0 Å². The molecule has 1 aromatic rings. The normalized spacial score (nSPS) is 9.95. The maximum absolute atomic E-state index is 11.4. The van der Waals surface area contributed by atoms with Crippen LogP contribution in [-0.2, 0) is 11.3 Å². The second-order valence-corrected chi connectivity index (χ2v) is 4.99. The van der Waals surface area contributed by atoms with Gasteiger partial charge in [0.05, 0.1) is 12.7 Å². The van der Waals surface area contributed by atoms with Crippen molar-refractivity contribution in [2.45, 2.75) is 25.8 Å². The number of benzene rings is 1. The van der Waals surface area contributed by atoms with Gasteiger partial charge < -0.3 is 10.1 Å². The molecule has 0 saturated heterocycles. The summed E-state index contributed by atoms with van der Waals surface area (Å²) in [5.41, 5.74) is 1.66. The van der Waals surface area contributed by atoms with Gasteiger partial charge in [0.1, 0.15) is 0 Å². The second-order valence-electron chi connectivity index (χ2n) is 4.14. The number of carbonyl (C=O) groups excluding carboxylic acids is 1. The van der Waals surface area contributed by atoms with E-state index in [0.29, 0.717) is 5.56 Å². The average Bonchev–Trinajstić information content (AvgIpc) is 2.43. The molecule has 0 aromatic heterocycles. The van der Waals surface area contributed by atoms with Crippen molar-refractivity contribution in [2.75, 3.05) is 13.7 Å². The Bertz CT molecular complexity index is 466. The number of esters is 1. The van der Waals surface area contributed by atoms with Crippen LogP contribution in [0.2, 0.25) is 0 Å². The van der Waals surface area contributed by atoms with Gasteiger partial charge in [-0.2, -0.15) is 0 Å². The second kappa shape index (κ2) is 8.73. The van der Waals surface area contributed by atoms with E-state index in [1.54, 1.807) is 12.1 Å². The van der Waals surface area contributed by atoms with Crippen LogP contribution < -0.4 is 5.32 Å². The Morgan fingerprint density at radius 2 is 2.26 bits per heavy atom. The molecule has 1 aromatic carbocycles. The van der Waals surface area contributed by atoms with E-state index in [-0.39, 0.29) is 5.97 Å². The zero-order valence-electron chi connectivity index (χ0n) is 11.0. The molecule has 0 saturated carbocycles. The van der Waals surface area contributed by atoms with Gasteiger partial charge in [-0.25, -0.2) is 4.79 Å². The fourth-order valence-corrected chi connectivity index (χ4v) is 2.15. The summed E-state index contributed by atoms with van der Waals surface area (Å²) in [5, 5.41) is 3.35. The summed E-state index contributed by atoms with van der Waals surface area (Å²) < 4.78 is 5.58. The number of ether oxygens (including phenoxy) is 1. The zero-order chi connectivity index (χ0) is 14.1.